The Bertz CT molecular complexity index is 512. The van der Waals surface area contributed by atoms with Crippen molar-refractivity contribution in [2.75, 3.05) is 0 Å². The molecule has 1 unspecified atom stereocenters. The molecule has 0 aliphatic heterocycles. The van der Waals surface area contributed by atoms with E-state index in [9.17, 15) is 8.78 Å². The Morgan fingerprint density at radius 1 is 1.12 bits per heavy atom. The SMILES string of the molecule is Fc1ccc(C(Br)c2ccc(Cl)o2)cc1F. The second kappa shape index (κ2) is 4.55. The van der Waals surface area contributed by atoms with Gasteiger partial charge in [-0.25, -0.2) is 8.78 Å². The van der Waals surface area contributed by atoms with Crippen LogP contribution >= 0.6 is 27.5 Å². The van der Waals surface area contributed by atoms with Crippen LogP contribution in [0.2, 0.25) is 5.22 Å². The molecule has 16 heavy (non-hydrogen) atoms. The Balaban J connectivity index is 2.33. The molecule has 2 rings (SSSR count). The molecule has 1 atom stereocenters. The van der Waals surface area contributed by atoms with Crippen LogP contribution in [0.4, 0.5) is 8.78 Å². The molecule has 2 aromatic rings. The Morgan fingerprint density at radius 2 is 1.88 bits per heavy atom. The Morgan fingerprint density at radius 3 is 2.44 bits per heavy atom. The van der Waals surface area contributed by atoms with Gasteiger partial charge >= 0.3 is 0 Å². The van der Waals surface area contributed by atoms with E-state index in [-0.39, 0.29) is 10.0 Å². The zero-order chi connectivity index (χ0) is 11.7. The molecule has 1 heterocycles. The van der Waals surface area contributed by atoms with Crippen LogP contribution in [0, 0.1) is 11.6 Å². The lowest BCUT2D eigenvalue weighted by Crippen LogP contribution is -1.93. The monoisotopic (exact) mass is 306 g/mol. The number of benzene rings is 1. The molecule has 5 heteroatoms. The van der Waals surface area contributed by atoms with Crippen LogP contribution in [-0.4, -0.2) is 0 Å². The molecule has 0 radical (unpaired) electrons. The number of hydrogen-bond donors (Lipinski definition) is 0. The maximum absolute atomic E-state index is 13.0. The van der Waals surface area contributed by atoms with Gasteiger partial charge in [-0.15, -0.1) is 0 Å². The molecule has 84 valence electrons. The molecule has 1 aromatic heterocycles. The van der Waals surface area contributed by atoms with Crippen LogP contribution in [0.15, 0.2) is 34.7 Å². The van der Waals surface area contributed by atoms with E-state index in [1.54, 1.807) is 12.1 Å². The van der Waals surface area contributed by atoms with E-state index in [0.29, 0.717) is 11.3 Å². The fourth-order valence-corrected chi connectivity index (χ4v) is 1.98. The van der Waals surface area contributed by atoms with Gasteiger partial charge in [0.15, 0.2) is 16.9 Å². The third-order valence-electron chi connectivity index (χ3n) is 2.08. The summed E-state index contributed by atoms with van der Waals surface area (Å²) in [6.45, 7) is 0. The minimum atomic E-state index is -0.889. The third kappa shape index (κ3) is 2.28. The van der Waals surface area contributed by atoms with Gasteiger partial charge in [0.05, 0.1) is 4.83 Å². The summed E-state index contributed by atoms with van der Waals surface area (Å²) < 4.78 is 30.9. The number of furan rings is 1. The van der Waals surface area contributed by atoms with Crippen LogP contribution in [0.5, 0.6) is 0 Å². The number of hydrogen-bond acceptors (Lipinski definition) is 1. The fraction of sp³-hybridized carbons (Fsp3) is 0.0909. The molecule has 0 aliphatic rings. The molecule has 0 amide bonds. The van der Waals surface area contributed by atoms with Gasteiger partial charge in [0, 0.05) is 0 Å². The highest BCUT2D eigenvalue weighted by Crippen LogP contribution is 2.33. The zero-order valence-electron chi connectivity index (χ0n) is 7.88. The van der Waals surface area contributed by atoms with E-state index >= 15 is 0 Å². The Kier molecular flexibility index (Phi) is 3.30. The molecule has 0 saturated carbocycles. The van der Waals surface area contributed by atoms with E-state index in [0.717, 1.165) is 12.1 Å². The predicted octanol–water partition coefficient (Wildman–Crippen LogP) is 4.70. The van der Waals surface area contributed by atoms with Gasteiger partial charge in [-0.2, -0.15) is 0 Å². The summed E-state index contributed by atoms with van der Waals surface area (Å²) in [4.78, 5) is -0.352. The van der Waals surface area contributed by atoms with Crippen molar-refractivity contribution in [1.29, 1.82) is 0 Å². The van der Waals surface area contributed by atoms with Crippen molar-refractivity contribution in [3.05, 3.63) is 58.5 Å². The Labute approximate surface area is 104 Å². The van der Waals surface area contributed by atoms with Gasteiger partial charge in [-0.05, 0) is 41.4 Å². The summed E-state index contributed by atoms with van der Waals surface area (Å²) in [7, 11) is 0. The predicted molar refractivity (Wildman–Crippen MR) is 60.8 cm³/mol. The van der Waals surface area contributed by atoms with Gasteiger partial charge in [0.2, 0.25) is 0 Å². The van der Waals surface area contributed by atoms with Crippen molar-refractivity contribution in [2.45, 2.75) is 4.83 Å². The fourth-order valence-electron chi connectivity index (χ4n) is 1.30. The molecule has 0 saturated heterocycles. The summed E-state index contributed by atoms with van der Waals surface area (Å²) in [6, 6.07) is 6.93. The molecule has 1 aromatic carbocycles. The van der Waals surface area contributed by atoms with Crippen molar-refractivity contribution in [3.8, 4) is 0 Å². The first-order chi connectivity index (χ1) is 7.58. The van der Waals surface area contributed by atoms with Crippen LogP contribution in [0.1, 0.15) is 16.2 Å². The average Bonchev–Trinajstić information content (AvgIpc) is 2.68. The van der Waals surface area contributed by atoms with Gasteiger partial charge in [0.25, 0.3) is 0 Å². The van der Waals surface area contributed by atoms with E-state index < -0.39 is 11.6 Å². The lowest BCUT2D eigenvalue weighted by atomic mass is 10.1. The topological polar surface area (TPSA) is 13.1 Å². The highest BCUT2D eigenvalue weighted by molar-refractivity contribution is 9.09. The second-order valence-electron chi connectivity index (χ2n) is 3.18. The van der Waals surface area contributed by atoms with Gasteiger partial charge < -0.3 is 4.42 Å². The Hall–Kier alpha value is -0.870. The number of rotatable bonds is 2. The maximum Gasteiger partial charge on any atom is 0.193 e. The third-order valence-corrected chi connectivity index (χ3v) is 3.26. The van der Waals surface area contributed by atoms with Crippen molar-refractivity contribution >= 4 is 27.5 Å². The standard InChI is InChI=1S/C11H6BrClF2O/c12-11(9-3-4-10(13)16-9)6-1-2-7(14)8(15)5-6/h1-5,11H. The summed E-state index contributed by atoms with van der Waals surface area (Å²) in [5.74, 6) is -1.23. The van der Waals surface area contributed by atoms with Crippen LogP contribution in [0.3, 0.4) is 0 Å². The normalized spacial score (nSPS) is 12.8. The van der Waals surface area contributed by atoms with Gasteiger partial charge in [-0.3, -0.25) is 0 Å². The summed E-state index contributed by atoms with van der Waals surface area (Å²) in [6.07, 6.45) is 0. The average molecular weight is 308 g/mol. The molecule has 0 N–H and O–H groups in total. The molecule has 0 bridgehead atoms. The van der Waals surface area contributed by atoms with Gasteiger partial charge in [0.1, 0.15) is 5.76 Å². The summed E-state index contributed by atoms with van der Waals surface area (Å²) in [5, 5.41) is 0.252. The van der Waals surface area contributed by atoms with Gasteiger partial charge in [-0.1, -0.05) is 22.0 Å². The smallest absolute Gasteiger partial charge is 0.193 e. The largest absolute Gasteiger partial charge is 0.448 e. The molecule has 0 spiro atoms. The quantitative estimate of drug-likeness (QED) is 0.733. The highest BCUT2D eigenvalue weighted by Gasteiger charge is 2.16. The molecular formula is C11H6BrClF2O. The minimum absolute atomic E-state index is 0.252. The highest BCUT2D eigenvalue weighted by atomic mass is 79.9. The maximum atomic E-state index is 13.0. The first-order valence-electron chi connectivity index (χ1n) is 4.42. The zero-order valence-corrected chi connectivity index (χ0v) is 10.2. The summed E-state index contributed by atoms with van der Waals surface area (Å²) in [5.41, 5.74) is 0.560. The number of halogens is 4. The first-order valence-corrected chi connectivity index (χ1v) is 5.71. The first kappa shape index (κ1) is 11.6. The molecule has 1 nitrogen and oxygen atoms in total. The summed E-state index contributed by atoms with van der Waals surface area (Å²) >= 11 is 8.95. The molecular weight excluding hydrogens is 301 g/mol. The van der Waals surface area contributed by atoms with Crippen molar-refractivity contribution < 1.29 is 13.2 Å². The van der Waals surface area contributed by atoms with E-state index in [1.165, 1.54) is 6.07 Å². The van der Waals surface area contributed by atoms with E-state index in [4.69, 9.17) is 16.0 Å². The van der Waals surface area contributed by atoms with Crippen LogP contribution in [-0.2, 0) is 0 Å². The van der Waals surface area contributed by atoms with E-state index in [1.807, 2.05) is 0 Å². The van der Waals surface area contributed by atoms with Crippen LogP contribution in [0.25, 0.3) is 0 Å². The van der Waals surface area contributed by atoms with Crippen LogP contribution < -0.4 is 0 Å². The van der Waals surface area contributed by atoms with E-state index in [2.05, 4.69) is 15.9 Å². The lowest BCUT2D eigenvalue weighted by Gasteiger charge is -2.07. The minimum Gasteiger partial charge on any atom is -0.448 e. The lowest BCUT2D eigenvalue weighted by molar-refractivity contribution is 0.503. The second-order valence-corrected chi connectivity index (χ2v) is 4.47. The van der Waals surface area contributed by atoms with Crippen molar-refractivity contribution in [3.63, 3.8) is 0 Å². The number of alkyl halides is 1. The van der Waals surface area contributed by atoms with Crippen molar-refractivity contribution in [2.24, 2.45) is 0 Å². The molecule has 0 fully saturated rings. The van der Waals surface area contributed by atoms with Crippen molar-refractivity contribution in [1.82, 2.24) is 0 Å². The molecule has 0 aliphatic carbocycles.